The second-order valence-electron chi connectivity index (χ2n) is 3.64. The van der Waals surface area contributed by atoms with Crippen molar-refractivity contribution in [3.63, 3.8) is 0 Å². The molecule has 0 amide bonds. The van der Waals surface area contributed by atoms with Crippen LogP contribution in [0.15, 0.2) is 36.9 Å². The zero-order valence-corrected chi connectivity index (χ0v) is 11.3. The van der Waals surface area contributed by atoms with Gasteiger partial charge in [0.15, 0.2) is 0 Å². The van der Waals surface area contributed by atoms with Crippen LogP contribution >= 0.6 is 23.4 Å². The summed E-state index contributed by atoms with van der Waals surface area (Å²) in [5.74, 6) is 2.00. The molecule has 0 saturated carbocycles. The minimum Gasteiger partial charge on any atom is -0.387 e. The Morgan fingerprint density at radius 3 is 2.76 bits per heavy atom. The topological polar surface area (TPSA) is 32.3 Å². The first kappa shape index (κ1) is 14.6. The van der Waals surface area contributed by atoms with E-state index >= 15 is 0 Å². The molecule has 1 aromatic rings. The highest BCUT2D eigenvalue weighted by Crippen LogP contribution is 2.15. The lowest BCUT2D eigenvalue weighted by Crippen LogP contribution is -2.23. The zero-order valence-electron chi connectivity index (χ0n) is 9.73. The molecule has 0 saturated heterocycles. The number of aliphatic hydroxyl groups excluding tert-OH is 1. The Labute approximate surface area is 112 Å². The van der Waals surface area contributed by atoms with E-state index in [1.165, 1.54) is 0 Å². The van der Waals surface area contributed by atoms with Crippen LogP contribution < -0.4 is 5.32 Å². The van der Waals surface area contributed by atoms with Gasteiger partial charge in [-0.15, -0.1) is 6.58 Å². The van der Waals surface area contributed by atoms with Gasteiger partial charge in [-0.1, -0.05) is 29.8 Å². The second kappa shape index (κ2) is 8.59. The predicted octanol–water partition coefficient (Wildman–Crippen LogP) is 2.88. The molecule has 0 bridgehead atoms. The first-order valence-corrected chi connectivity index (χ1v) is 7.10. The van der Waals surface area contributed by atoms with E-state index in [9.17, 15) is 5.11 Å². The smallest absolute Gasteiger partial charge is 0.0914 e. The Bertz CT molecular complexity index is 329. The number of aliphatic hydroxyl groups is 1. The third-order valence-corrected chi connectivity index (χ3v) is 3.47. The van der Waals surface area contributed by atoms with Gasteiger partial charge in [0, 0.05) is 29.6 Å². The van der Waals surface area contributed by atoms with Crippen molar-refractivity contribution in [3.8, 4) is 0 Å². The lowest BCUT2D eigenvalue weighted by Gasteiger charge is -2.12. The van der Waals surface area contributed by atoms with E-state index in [0.717, 1.165) is 23.6 Å². The van der Waals surface area contributed by atoms with Crippen LogP contribution in [0.25, 0.3) is 0 Å². The van der Waals surface area contributed by atoms with Crippen molar-refractivity contribution in [1.82, 2.24) is 5.32 Å². The van der Waals surface area contributed by atoms with Crippen molar-refractivity contribution in [3.05, 3.63) is 47.5 Å². The first-order valence-electron chi connectivity index (χ1n) is 5.57. The summed E-state index contributed by atoms with van der Waals surface area (Å²) in [7, 11) is 0. The van der Waals surface area contributed by atoms with Crippen LogP contribution in [0.3, 0.4) is 0 Å². The molecule has 0 aliphatic heterocycles. The summed E-state index contributed by atoms with van der Waals surface area (Å²) in [5.41, 5.74) is 0.889. The van der Waals surface area contributed by atoms with Gasteiger partial charge in [-0.3, -0.25) is 0 Å². The molecule has 17 heavy (non-hydrogen) atoms. The fraction of sp³-hybridized carbons (Fsp3) is 0.385. The van der Waals surface area contributed by atoms with Gasteiger partial charge in [-0.25, -0.2) is 0 Å². The van der Waals surface area contributed by atoms with E-state index < -0.39 is 6.10 Å². The number of hydrogen-bond acceptors (Lipinski definition) is 3. The average molecular weight is 272 g/mol. The molecule has 94 valence electrons. The fourth-order valence-corrected chi connectivity index (χ4v) is 2.10. The molecule has 0 heterocycles. The normalized spacial score (nSPS) is 12.4. The largest absolute Gasteiger partial charge is 0.387 e. The molecule has 1 aromatic carbocycles. The lowest BCUT2D eigenvalue weighted by atomic mass is 10.1. The third-order valence-electron chi connectivity index (χ3n) is 2.25. The Morgan fingerprint density at radius 1 is 1.41 bits per heavy atom. The standard InChI is InChI=1S/C13H18ClNOS/c1-2-8-17-9-7-15-10-13(16)11-3-5-12(14)6-4-11/h2-6,13,15-16H,1,7-10H2. The third kappa shape index (κ3) is 6.13. The van der Waals surface area contributed by atoms with Gasteiger partial charge < -0.3 is 10.4 Å². The molecule has 1 rings (SSSR count). The van der Waals surface area contributed by atoms with Gasteiger partial charge in [0.25, 0.3) is 0 Å². The van der Waals surface area contributed by atoms with E-state index in [4.69, 9.17) is 11.6 Å². The fourth-order valence-electron chi connectivity index (χ4n) is 1.35. The van der Waals surface area contributed by atoms with Crippen LogP contribution in [0.4, 0.5) is 0 Å². The highest BCUT2D eigenvalue weighted by molar-refractivity contribution is 7.99. The lowest BCUT2D eigenvalue weighted by molar-refractivity contribution is 0.176. The van der Waals surface area contributed by atoms with Gasteiger partial charge in [-0.2, -0.15) is 11.8 Å². The molecule has 0 spiro atoms. The molecule has 0 radical (unpaired) electrons. The molecule has 2 nitrogen and oxygen atoms in total. The predicted molar refractivity (Wildman–Crippen MR) is 76.8 cm³/mol. The molecule has 0 aliphatic rings. The monoisotopic (exact) mass is 271 g/mol. The first-order chi connectivity index (χ1) is 8.24. The van der Waals surface area contributed by atoms with E-state index in [1.54, 1.807) is 12.1 Å². The minimum atomic E-state index is -0.475. The van der Waals surface area contributed by atoms with Gasteiger partial charge in [0.1, 0.15) is 0 Å². The van der Waals surface area contributed by atoms with Crippen LogP contribution in [-0.4, -0.2) is 29.7 Å². The van der Waals surface area contributed by atoms with Crippen LogP contribution in [0.2, 0.25) is 5.02 Å². The quantitative estimate of drug-likeness (QED) is 0.563. The number of halogens is 1. The Hall–Kier alpha value is -0.480. The summed E-state index contributed by atoms with van der Waals surface area (Å²) < 4.78 is 0. The maximum Gasteiger partial charge on any atom is 0.0914 e. The highest BCUT2D eigenvalue weighted by Gasteiger charge is 2.05. The summed E-state index contributed by atoms with van der Waals surface area (Å²) >= 11 is 7.61. The van der Waals surface area contributed by atoms with Gasteiger partial charge >= 0.3 is 0 Å². The molecule has 0 aliphatic carbocycles. The number of nitrogens with one attached hydrogen (secondary N) is 1. The van der Waals surface area contributed by atoms with E-state index in [1.807, 2.05) is 30.0 Å². The SMILES string of the molecule is C=CCSCCNCC(O)c1ccc(Cl)cc1. The molecular formula is C13H18ClNOS. The molecule has 0 fully saturated rings. The number of benzene rings is 1. The van der Waals surface area contributed by atoms with Crippen molar-refractivity contribution >= 4 is 23.4 Å². The van der Waals surface area contributed by atoms with E-state index in [-0.39, 0.29) is 0 Å². The highest BCUT2D eigenvalue weighted by atomic mass is 35.5. The summed E-state index contributed by atoms with van der Waals surface area (Å²) in [6.45, 7) is 5.12. The number of hydrogen-bond donors (Lipinski definition) is 2. The van der Waals surface area contributed by atoms with Crippen LogP contribution in [0.5, 0.6) is 0 Å². The molecule has 1 unspecified atom stereocenters. The van der Waals surface area contributed by atoms with Crippen LogP contribution in [0.1, 0.15) is 11.7 Å². The maximum atomic E-state index is 9.89. The van der Waals surface area contributed by atoms with E-state index in [2.05, 4.69) is 11.9 Å². The van der Waals surface area contributed by atoms with Crippen LogP contribution in [0, 0.1) is 0 Å². The Balaban J connectivity index is 2.18. The second-order valence-corrected chi connectivity index (χ2v) is 5.22. The van der Waals surface area contributed by atoms with Gasteiger partial charge in [-0.05, 0) is 17.7 Å². The average Bonchev–Trinajstić information content (AvgIpc) is 2.34. The summed E-state index contributed by atoms with van der Waals surface area (Å²) in [6, 6.07) is 7.28. The number of rotatable bonds is 8. The Morgan fingerprint density at radius 2 is 2.12 bits per heavy atom. The van der Waals surface area contributed by atoms with Crippen molar-refractivity contribution < 1.29 is 5.11 Å². The molecule has 2 N–H and O–H groups in total. The van der Waals surface area contributed by atoms with Gasteiger partial charge in [0.2, 0.25) is 0 Å². The summed E-state index contributed by atoms with van der Waals surface area (Å²) in [6.07, 6.45) is 1.42. The van der Waals surface area contributed by atoms with Crippen molar-refractivity contribution in [2.24, 2.45) is 0 Å². The van der Waals surface area contributed by atoms with Crippen molar-refractivity contribution in [2.75, 3.05) is 24.6 Å². The summed E-state index contributed by atoms with van der Waals surface area (Å²) in [4.78, 5) is 0. The maximum absolute atomic E-state index is 9.89. The van der Waals surface area contributed by atoms with Gasteiger partial charge in [0.05, 0.1) is 6.10 Å². The molecule has 0 aromatic heterocycles. The molecule has 4 heteroatoms. The number of thioether (sulfide) groups is 1. The Kier molecular flexibility index (Phi) is 7.37. The van der Waals surface area contributed by atoms with Crippen molar-refractivity contribution in [1.29, 1.82) is 0 Å². The molecule has 1 atom stereocenters. The van der Waals surface area contributed by atoms with Crippen LogP contribution in [-0.2, 0) is 0 Å². The molecular weight excluding hydrogens is 254 g/mol. The minimum absolute atomic E-state index is 0.475. The zero-order chi connectivity index (χ0) is 12.5. The summed E-state index contributed by atoms with van der Waals surface area (Å²) in [5, 5.41) is 13.8. The van der Waals surface area contributed by atoms with Crippen molar-refractivity contribution in [2.45, 2.75) is 6.10 Å². The van der Waals surface area contributed by atoms with E-state index in [0.29, 0.717) is 11.6 Å².